The Morgan fingerprint density at radius 2 is 1.79 bits per heavy atom. The quantitative estimate of drug-likeness (QED) is 0.483. The van der Waals surface area contributed by atoms with E-state index in [4.69, 9.17) is 15.2 Å². The Morgan fingerprint density at radius 3 is 2.47 bits per heavy atom. The zero-order valence-corrected chi connectivity index (χ0v) is 18.2. The molecule has 3 N–H and O–H groups in total. The highest BCUT2D eigenvalue weighted by molar-refractivity contribution is 6.52. The number of nitrogens with two attached hydrogens (primary N) is 1. The van der Waals surface area contributed by atoms with Crippen molar-refractivity contribution >= 4 is 29.6 Å². The molecule has 0 bridgehead atoms. The van der Waals surface area contributed by atoms with Gasteiger partial charge in [0.2, 0.25) is 11.4 Å². The van der Waals surface area contributed by atoms with Crippen molar-refractivity contribution < 1.29 is 24.2 Å². The first-order chi connectivity index (χ1) is 16.5. The molecule has 10 nitrogen and oxygen atoms in total. The minimum absolute atomic E-state index is 0.0841. The van der Waals surface area contributed by atoms with Crippen LogP contribution in [0.15, 0.2) is 75.6 Å². The van der Waals surface area contributed by atoms with Gasteiger partial charge in [-0.1, -0.05) is 48.5 Å². The van der Waals surface area contributed by atoms with Gasteiger partial charge in [0.15, 0.2) is 12.1 Å². The Balaban J connectivity index is 1.39. The van der Waals surface area contributed by atoms with Crippen LogP contribution in [-0.2, 0) is 9.47 Å². The largest absolute Gasteiger partial charge is 0.454 e. The van der Waals surface area contributed by atoms with Crippen molar-refractivity contribution in [2.75, 3.05) is 13.3 Å². The second kappa shape index (κ2) is 8.90. The molecule has 3 aliphatic heterocycles. The van der Waals surface area contributed by atoms with E-state index in [0.717, 1.165) is 0 Å². The van der Waals surface area contributed by atoms with Gasteiger partial charge in [-0.05, 0) is 12.1 Å². The van der Waals surface area contributed by atoms with E-state index < -0.39 is 35.9 Å². The molecule has 2 aromatic carbocycles. The van der Waals surface area contributed by atoms with E-state index in [0.29, 0.717) is 23.4 Å². The summed E-state index contributed by atoms with van der Waals surface area (Å²) < 4.78 is 11.7. The molecule has 2 aromatic rings. The average molecular weight is 461 g/mol. The first-order valence-electron chi connectivity index (χ1n) is 10.9. The van der Waals surface area contributed by atoms with Crippen molar-refractivity contribution in [2.24, 2.45) is 20.7 Å². The van der Waals surface area contributed by atoms with E-state index in [1.165, 1.54) is 6.34 Å². The summed E-state index contributed by atoms with van der Waals surface area (Å²) in [4.78, 5) is 40.6. The summed E-state index contributed by atoms with van der Waals surface area (Å²) in [6, 6.07) is 17.2. The number of benzene rings is 2. The fraction of sp³-hybridized carbons (Fsp3) is 0.292. The monoisotopic (exact) mass is 461 g/mol. The van der Waals surface area contributed by atoms with Crippen LogP contribution in [-0.4, -0.2) is 77.0 Å². The van der Waals surface area contributed by atoms with Gasteiger partial charge in [-0.25, -0.2) is 14.8 Å². The van der Waals surface area contributed by atoms with Gasteiger partial charge in [-0.15, -0.1) is 0 Å². The molecule has 3 aliphatic rings. The Hall–Kier alpha value is -3.73. The normalized spacial score (nSPS) is 27.7. The summed E-state index contributed by atoms with van der Waals surface area (Å²) in [6.07, 6.45) is -0.472. The predicted molar refractivity (Wildman–Crippen MR) is 124 cm³/mol. The number of ketones is 1. The van der Waals surface area contributed by atoms with Gasteiger partial charge in [0.25, 0.3) is 0 Å². The molecule has 0 amide bonds. The highest BCUT2D eigenvalue weighted by atomic mass is 16.6. The van der Waals surface area contributed by atoms with E-state index in [-0.39, 0.29) is 19.0 Å². The fourth-order valence-electron chi connectivity index (χ4n) is 4.25. The van der Waals surface area contributed by atoms with Crippen molar-refractivity contribution in [1.29, 1.82) is 0 Å². The van der Waals surface area contributed by atoms with Gasteiger partial charge in [0, 0.05) is 12.0 Å². The van der Waals surface area contributed by atoms with E-state index in [2.05, 4.69) is 15.0 Å². The molecule has 174 valence electrons. The van der Waals surface area contributed by atoms with Gasteiger partial charge in [0.1, 0.15) is 24.8 Å². The average Bonchev–Trinajstić information content (AvgIpc) is 3.49. The Bertz CT molecular complexity index is 1180. The van der Waals surface area contributed by atoms with Crippen LogP contribution in [0.25, 0.3) is 0 Å². The summed E-state index contributed by atoms with van der Waals surface area (Å²) in [7, 11) is 0. The third-order valence-corrected chi connectivity index (χ3v) is 5.97. The first-order valence-corrected chi connectivity index (χ1v) is 10.9. The van der Waals surface area contributed by atoms with Gasteiger partial charge in [-0.3, -0.25) is 15.5 Å². The number of aliphatic hydroxyl groups excluding tert-OH is 1. The number of fused-ring (bicyclic) bond motifs is 1. The SMILES string of the molecule is NC1(C(=O)c2ccccc2)N=CN=C2C1=NCN2[C@@H]1O[C@H](CO)C[C@H]1OC(=O)c1ccccc1. The van der Waals surface area contributed by atoms with Crippen LogP contribution in [0.4, 0.5) is 0 Å². The van der Waals surface area contributed by atoms with Crippen LogP contribution in [0.5, 0.6) is 0 Å². The Morgan fingerprint density at radius 1 is 1.12 bits per heavy atom. The van der Waals surface area contributed by atoms with Crippen LogP contribution in [0, 0.1) is 0 Å². The van der Waals surface area contributed by atoms with E-state index in [1.807, 2.05) is 6.07 Å². The van der Waals surface area contributed by atoms with Crippen molar-refractivity contribution in [1.82, 2.24) is 4.90 Å². The molecule has 1 unspecified atom stereocenters. The highest BCUT2D eigenvalue weighted by Gasteiger charge is 2.51. The lowest BCUT2D eigenvalue weighted by Gasteiger charge is -2.32. The summed E-state index contributed by atoms with van der Waals surface area (Å²) in [6.45, 7) is -0.153. The maximum atomic E-state index is 13.2. The second-order valence-electron chi connectivity index (χ2n) is 8.15. The molecule has 0 spiro atoms. The highest BCUT2D eigenvalue weighted by Crippen LogP contribution is 2.31. The number of hydrogen-bond donors (Lipinski definition) is 2. The van der Waals surface area contributed by atoms with Gasteiger partial charge >= 0.3 is 5.97 Å². The minimum atomic E-state index is -1.74. The Kier molecular flexibility index (Phi) is 5.78. The number of aliphatic hydroxyl groups is 1. The predicted octanol–water partition coefficient (Wildman–Crippen LogP) is 1.01. The van der Waals surface area contributed by atoms with Crippen LogP contribution in [0.2, 0.25) is 0 Å². The maximum Gasteiger partial charge on any atom is 0.338 e. The van der Waals surface area contributed by atoms with Gasteiger partial charge in [0.05, 0.1) is 18.3 Å². The van der Waals surface area contributed by atoms with Crippen LogP contribution in [0.3, 0.4) is 0 Å². The molecular weight excluding hydrogens is 438 g/mol. The van der Waals surface area contributed by atoms with Crippen molar-refractivity contribution in [3.63, 3.8) is 0 Å². The van der Waals surface area contributed by atoms with Gasteiger partial charge in [-0.2, -0.15) is 0 Å². The number of hydrogen-bond acceptors (Lipinski definition) is 10. The van der Waals surface area contributed by atoms with Crippen molar-refractivity contribution in [3.05, 3.63) is 71.8 Å². The van der Waals surface area contributed by atoms with Crippen LogP contribution < -0.4 is 5.73 Å². The molecule has 0 saturated carbocycles. The van der Waals surface area contributed by atoms with E-state index in [9.17, 15) is 14.7 Å². The van der Waals surface area contributed by atoms with Crippen molar-refractivity contribution in [2.45, 2.75) is 30.5 Å². The number of carbonyl (C=O) groups is 2. The van der Waals surface area contributed by atoms with Crippen LogP contribution >= 0.6 is 0 Å². The molecule has 10 heteroatoms. The lowest BCUT2D eigenvalue weighted by molar-refractivity contribution is -0.0735. The molecule has 4 atom stereocenters. The molecule has 0 aliphatic carbocycles. The zero-order valence-electron chi connectivity index (χ0n) is 18.2. The number of amidine groups is 1. The summed E-state index contributed by atoms with van der Waals surface area (Å²) >= 11 is 0. The lowest BCUT2D eigenvalue weighted by atomic mass is 9.93. The Labute approximate surface area is 195 Å². The lowest BCUT2D eigenvalue weighted by Crippen LogP contribution is -2.59. The van der Waals surface area contributed by atoms with Gasteiger partial charge < -0.3 is 19.5 Å². The number of carbonyl (C=O) groups excluding carboxylic acids is 2. The zero-order chi connectivity index (χ0) is 23.7. The smallest absolute Gasteiger partial charge is 0.338 e. The fourth-order valence-corrected chi connectivity index (χ4v) is 4.25. The molecule has 1 fully saturated rings. The summed E-state index contributed by atoms with van der Waals surface area (Å²) in [5, 5.41) is 9.68. The molecule has 0 aromatic heterocycles. The number of esters is 1. The molecule has 0 radical (unpaired) electrons. The number of Topliss-reactive ketones (excluding diaryl/α,β-unsaturated/α-hetero) is 1. The number of aliphatic imine (C=N–C) groups is 3. The number of ether oxygens (including phenoxy) is 2. The topological polar surface area (TPSA) is 139 Å². The third-order valence-electron chi connectivity index (χ3n) is 5.97. The molecule has 34 heavy (non-hydrogen) atoms. The molecular formula is C24H23N5O5. The summed E-state index contributed by atoms with van der Waals surface area (Å²) in [5.41, 5.74) is 5.76. The first kappa shape index (κ1) is 22.1. The number of nitrogens with zero attached hydrogens (tertiary/aromatic N) is 4. The van der Waals surface area contributed by atoms with Crippen LogP contribution in [0.1, 0.15) is 27.1 Å². The standard InChI is InChI=1S/C24H23N5O5/c25-24(20(31)15-7-3-1-4-8-15)19-21(26-13-28-24)29(14-27-19)22-18(11-17(12-30)33-22)34-23(32)16-9-5-2-6-10-16/h1-10,13,17-18,22,30H,11-12,14,25H2/t17-,18+,22+,24?/m0/s1. The van der Waals surface area contributed by atoms with E-state index >= 15 is 0 Å². The molecule has 1 saturated heterocycles. The third kappa shape index (κ3) is 3.81. The molecule has 5 rings (SSSR count). The summed E-state index contributed by atoms with van der Waals surface area (Å²) in [5.74, 6) is -0.589. The number of rotatable bonds is 6. The van der Waals surface area contributed by atoms with E-state index in [1.54, 1.807) is 59.5 Å². The van der Waals surface area contributed by atoms with Crippen molar-refractivity contribution in [3.8, 4) is 0 Å². The molecule has 3 heterocycles. The second-order valence-corrected chi connectivity index (χ2v) is 8.15. The minimum Gasteiger partial charge on any atom is -0.454 e. The maximum absolute atomic E-state index is 13.2.